The van der Waals surface area contributed by atoms with Gasteiger partial charge in [-0.05, 0) is 19.1 Å². The van der Waals surface area contributed by atoms with Crippen LogP contribution in [0.5, 0.6) is 0 Å². The van der Waals surface area contributed by atoms with E-state index in [2.05, 4.69) is 15.5 Å². The molecule has 0 radical (unpaired) electrons. The summed E-state index contributed by atoms with van der Waals surface area (Å²) in [6.45, 7) is 2.02. The highest BCUT2D eigenvalue weighted by molar-refractivity contribution is 7.99. The lowest BCUT2D eigenvalue weighted by Gasteiger charge is -2.05. The molecule has 2 rings (SSSR count). The van der Waals surface area contributed by atoms with E-state index in [-0.39, 0.29) is 5.91 Å². The standard InChI is InChI=1S/C13H16N4OS/c1-10-3-5-11(6-4-10)15-12(18)7-8-19-13-16-14-9-17(13)2/h3-6,9H,7-8H2,1-2H3,(H,15,18). The summed E-state index contributed by atoms with van der Waals surface area (Å²) in [4.78, 5) is 11.7. The first-order valence-corrected chi connectivity index (χ1v) is 6.97. The molecule has 6 heteroatoms. The predicted molar refractivity (Wildman–Crippen MR) is 76.2 cm³/mol. The van der Waals surface area contributed by atoms with E-state index < -0.39 is 0 Å². The number of aromatic nitrogens is 3. The number of hydrogen-bond acceptors (Lipinski definition) is 4. The molecule has 0 bridgehead atoms. The maximum atomic E-state index is 11.7. The van der Waals surface area contributed by atoms with Crippen molar-refractivity contribution in [2.24, 2.45) is 7.05 Å². The Morgan fingerprint density at radius 3 is 2.74 bits per heavy atom. The van der Waals surface area contributed by atoms with Gasteiger partial charge in [0.25, 0.3) is 0 Å². The Hall–Kier alpha value is -1.82. The number of amides is 1. The van der Waals surface area contributed by atoms with Crippen molar-refractivity contribution in [1.29, 1.82) is 0 Å². The van der Waals surface area contributed by atoms with Crippen LogP contribution in [-0.2, 0) is 11.8 Å². The van der Waals surface area contributed by atoms with Gasteiger partial charge in [-0.25, -0.2) is 0 Å². The molecule has 0 unspecified atom stereocenters. The van der Waals surface area contributed by atoms with Crippen LogP contribution in [0.2, 0.25) is 0 Å². The molecule has 19 heavy (non-hydrogen) atoms. The number of thioether (sulfide) groups is 1. The number of carbonyl (C=O) groups excluding carboxylic acids is 1. The van der Waals surface area contributed by atoms with E-state index in [1.54, 1.807) is 6.33 Å². The van der Waals surface area contributed by atoms with Crippen LogP contribution < -0.4 is 5.32 Å². The Labute approximate surface area is 116 Å². The van der Waals surface area contributed by atoms with Gasteiger partial charge in [0.2, 0.25) is 5.91 Å². The molecule has 0 saturated heterocycles. The van der Waals surface area contributed by atoms with Crippen LogP contribution in [-0.4, -0.2) is 26.4 Å². The normalized spacial score (nSPS) is 10.4. The summed E-state index contributed by atoms with van der Waals surface area (Å²) in [6.07, 6.45) is 2.10. The SMILES string of the molecule is Cc1ccc(NC(=O)CCSc2nncn2C)cc1. The number of hydrogen-bond donors (Lipinski definition) is 1. The molecular formula is C13H16N4OS. The Kier molecular flexibility index (Phi) is 4.57. The summed E-state index contributed by atoms with van der Waals surface area (Å²) in [7, 11) is 1.88. The fourth-order valence-corrected chi connectivity index (χ4v) is 2.32. The molecule has 1 N–H and O–H groups in total. The second-order valence-electron chi connectivity index (χ2n) is 4.24. The minimum absolute atomic E-state index is 0.0125. The van der Waals surface area contributed by atoms with Gasteiger partial charge in [-0.2, -0.15) is 0 Å². The number of nitrogens with zero attached hydrogens (tertiary/aromatic N) is 3. The van der Waals surface area contributed by atoms with Crippen molar-refractivity contribution in [3.63, 3.8) is 0 Å². The van der Waals surface area contributed by atoms with Crippen molar-refractivity contribution in [2.45, 2.75) is 18.5 Å². The molecule has 0 fully saturated rings. The van der Waals surface area contributed by atoms with Gasteiger partial charge in [0.05, 0.1) is 0 Å². The molecule has 0 aliphatic heterocycles. The summed E-state index contributed by atoms with van der Waals surface area (Å²) < 4.78 is 1.84. The predicted octanol–water partition coefficient (Wildman–Crippen LogP) is 2.24. The number of aryl methyl sites for hydroxylation is 2. The van der Waals surface area contributed by atoms with Crippen molar-refractivity contribution in [1.82, 2.24) is 14.8 Å². The van der Waals surface area contributed by atoms with Crippen LogP contribution in [0, 0.1) is 6.92 Å². The van der Waals surface area contributed by atoms with E-state index in [9.17, 15) is 4.79 Å². The molecule has 5 nitrogen and oxygen atoms in total. The Balaban J connectivity index is 1.76. The number of rotatable bonds is 5. The molecular weight excluding hydrogens is 260 g/mol. The van der Waals surface area contributed by atoms with Gasteiger partial charge in [-0.15, -0.1) is 10.2 Å². The Morgan fingerprint density at radius 1 is 1.37 bits per heavy atom. The van der Waals surface area contributed by atoms with E-state index in [1.165, 1.54) is 17.3 Å². The zero-order chi connectivity index (χ0) is 13.7. The monoisotopic (exact) mass is 276 g/mol. The number of benzene rings is 1. The van der Waals surface area contributed by atoms with Gasteiger partial charge in [0, 0.05) is 24.9 Å². The quantitative estimate of drug-likeness (QED) is 0.851. The highest BCUT2D eigenvalue weighted by atomic mass is 32.2. The third-order valence-electron chi connectivity index (χ3n) is 2.57. The molecule has 2 aromatic rings. The first-order valence-electron chi connectivity index (χ1n) is 5.98. The molecule has 1 heterocycles. The van der Waals surface area contributed by atoms with E-state index >= 15 is 0 Å². The minimum Gasteiger partial charge on any atom is -0.326 e. The molecule has 1 aromatic heterocycles. The average molecular weight is 276 g/mol. The second-order valence-corrected chi connectivity index (χ2v) is 5.30. The lowest BCUT2D eigenvalue weighted by atomic mass is 10.2. The number of anilines is 1. The van der Waals surface area contributed by atoms with Gasteiger partial charge in [-0.3, -0.25) is 4.79 Å². The molecule has 0 aliphatic rings. The fraction of sp³-hybridized carbons (Fsp3) is 0.308. The van der Waals surface area contributed by atoms with Crippen molar-refractivity contribution in [3.05, 3.63) is 36.2 Å². The number of carbonyl (C=O) groups is 1. The summed E-state index contributed by atoms with van der Waals surface area (Å²) >= 11 is 1.52. The highest BCUT2D eigenvalue weighted by Gasteiger charge is 2.05. The van der Waals surface area contributed by atoms with Crippen molar-refractivity contribution < 1.29 is 4.79 Å². The smallest absolute Gasteiger partial charge is 0.225 e. The third kappa shape index (κ3) is 4.10. The van der Waals surface area contributed by atoms with E-state index in [1.807, 2.05) is 42.8 Å². The van der Waals surface area contributed by atoms with Crippen molar-refractivity contribution in [2.75, 3.05) is 11.1 Å². The first kappa shape index (κ1) is 13.6. The highest BCUT2D eigenvalue weighted by Crippen LogP contribution is 2.15. The molecule has 0 atom stereocenters. The van der Waals surface area contributed by atoms with Crippen LogP contribution in [0.1, 0.15) is 12.0 Å². The van der Waals surface area contributed by atoms with Gasteiger partial charge >= 0.3 is 0 Å². The maximum absolute atomic E-state index is 11.7. The molecule has 100 valence electrons. The maximum Gasteiger partial charge on any atom is 0.225 e. The zero-order valence-corrected chi connectivity index (χ0v) is 11.8. The van der Waals surface area contributed by atoms with Crippen LogP contribution in [0.25, 0.3) is 0 Å². The van der Waals surface area contributed by atoms with Crippen LogP contribution in [0.4, 0.5) is 5.69 Å². The Morgan fingerprint density at radius 2 is 2.11 bits per heavy atom. The zero-order valence-electron chi connectivity index (χ0n) is 11.0. The van der Waals surface area contributed by atoms with Gasteiger partial charge in [0.15, 0.2) is 5.16 Å². The first-order chi connectivity index (χ1) is 9.15. The summed E-state index contributed by atoms with van der Waals surface area (Å²) in [6, 6.07) is 7.76. The van der Waals surface area contributed by atoms with E-state index in [0.29, 0.717) is 12.2 Å². The van der Waals surface area contributed by atoms with Crippen molar-refractivity contribution >= 4 is 23.4 Å². The molecule has 0 aliphatic carbocycles. The lowest BCUT2D eigenvalue weighted by molar-refractivity contribution is -0.115. The molecule has 0 saturated carbocycles. The van der Waals surface area contributed by atoms with Crippen LogP contribution in [0.15, 0.2) is 35.7 Å². The molecule has 0 spiro atoms. The van der Waals surface area contributed by atoms with Crippen LogP contribution in [0.3, 0.4) is 0 Å². The van der Waals surface area contributed by atoms with Crippen molar-refractivity contribution in [3.8, 4) is 0 Å². The molecule has 1 amide bonds. The molecule has 1 aromatic carbocycles. The second kappa shape index (κ2) is 6.38. The van der Waals surface area contributed by atoms with Gasteiger partial charge in [0.1, 0.15) is 6.33 Å². The van der Waals surface area contributed by atoms with E-state index in [4.69, 9.17) is 0 Å². The van der Waals surface area contributed by atoms with Crippen LogP contribution >= 0.6 is 11.8 Å². The lowest BCUT2D eigenvalue weighted by Crippen LogP contribution is -2.12. The topological polar surface area (TPSA) is 59.8 Å². The number of nitrogens with one attached hydrogen (secondary N) is 1. The average Bonchev–Trinajstić information content (AvgIpc) is 2.78. The largest absolute Gasteiger partial charge is 0.326 e. The summed E-state index contributed by atoms with van der Waals surface area (Å²) in [5, 5.41) is 11.4. The van der Waals surface area contributed by atoms with Gasteiger partial charge in [-0.1, -0.05) is 29.5 Å². The fourth-order valence-electron chi connectivity index (χ4n) is 1.50. The van der Waals surface area contributed by atoms with Gasteiger partial charge < -0.3 is 9.88 Å². The minimum atomic E-state index is 0.0125. The summed E-state index contributed by atoms with van der Waals surface area (Å²) in [5.41, 5.74) is 2.01. The Bertz CT molecular complexity index is 550. The summed E-state index contributed by atoms with van der Waals surface area (Å²) in [5.74, 6) is 0.697. The van der Waals surface area contributed by atoms with E-state index in [0.717, 1.165) is 10.8 Å². The third-order valence-corrected chi connectivity index (χ3v) is 3.60.